The number of hydrogen-bond donors (Lipinski definition) is 2. The van der Waals surface area contributed by atoms with E-state index >= 15 is 0 Å². The second kappa shape index (κ2) is 5.72. The van der Waals surface area contributed by atoms with Crippen molar-refractivity contribution < 1.29 is 4.79 Å². The van der Waals surface area contributed by atoms with Crippen LogP contribution >= 0.6 is 0 Å². The minimum Gasteiger partial charge on any atom is -0.350 e. The lowest BCUT2D eigenvalue weighted by atomic mass is 10.2. The molecule has 92 valence electrons. The van der Waals surface area contributed by atoms with Gasteiger partial charge in [0, 0.05) is 25.1 Å². The first-order valence-corrected chi connectivity index (χ1v) is 5.47. The highest BCUT2D eigenvalue weighted by atomic mass is 16.2. The normalized spacial score (nSPS) is 10.0. The zero-order valence-corrected chi connectivity index (χ0v) is 9.59. The largest absolute Gasteiger partial charge is 0.350 e. The Bertz CT molecular complexity index is 560. The van der Waals surface area contributed by atoms with E-state index in [9.17, 15) is 9.59 Å². The molecule has 6 heteroatoms. The SMILES string of the molecule is O=C(NCCc1cccnc1)c1c[nH]c(=O)cn1. The summed E-state index contributed by atoms with van der Waals surface area (Å²) >= 11 is 0. The zero-order chi connectivity index (χ0) is 12.8. The van der Waals surface area contributed by atoms with Crippen molar-refractivity contribution in [2.45, 2.75) is 6.42 Å². The molecular weight excluding hydrogens is 232 g/mol. The van der Waals surface area contributed by atoms with Crippen LogP contribution in [0.2, 0.25) is 0 Å². The molecule has 2 aromatic heterocycles. The third-order valence-electron chi connectivity index (χ3n) is 2.33. The molecule has 0 atom stereocenters. The van der Waals surface area contributed by atoms with E-state index in [4.69, 9.17) is 0 Å². The van der Waals surface area contributed by atoms with Gasteiger partial charge in [-0.05, 0) is 18.1 Å². The number of carbonyl (C=O) groups is 1. The molecule has 1 amide bonds. The van der Waals surface area contributed by atoms with Gasteiger partial charge >= 0.3 is 0 Å². The van der Waals surface area contributed by atoms with Crippen LogP contribution in [0.3, 0.4) is 0 Å². The molecule has 2 N–H and O–H groups in total. The molecule has 0 aromatic carbocycles. The summed E-state index contributed by atoms with van der Waals surface area (Å²) in [6.07, 6.45) is 6.53. The number of rotatable bonds is 4. The van der Waals surface area contributed by atoms with Gasteiger partial charge in [-0.1, -0.05) is 6.07 Å². The molecule has 2 aromatic rings. The first-order chi connectivity index (χ1) is 8.75. The van der Waals surface area contributed by atoms with Gasteiger partial charge in [0.05, 0.1) is 6.20 Å². The molecule has 0 aliphatic rings. The van der Waals surface area contributed by atoms with Crippen molar-refractivity contribution in [1.82, 2.24) is 20.3 Å². The molecule has 2 rings (SSSR count). The average Bonchev–Trinajstić information content (AvgIpc) is 2.40. The molecule has 0 radical (unpaired) electrons. The van der Waals surface area contributed by atoms with Crippen molar-refractivity contribution in [2.24, 2.45) is 0 Å². The molecule has 2 heterocycles. The summed E-state index contributed by atoms with van der Waals surface area (Å²) in [4.78, 5) is 32.5. The van der Waals surface area contributed by atoms with Gasteiger partial charge in [-0.15, -0.1) is 0 Å². The Labute approximate surface area is 103 Å². The molecule has 0 bridgehead atoms. The maximum Gasteiger partial charge on any atom is 0.271 e. The highest BCUT2D eigenvalue weighted by Gasteiger charge is 2.05. The topological polar surface area (TPSA) is 87.7 Å². The van der Waals surface area contributed by atoms with Crippen LogP contribution < -0.4 is 10.9 Å². The summed E-state index contributed by atoms with van der Waals surface area (Å²) in [7, 11) is 0. The second-order valence-electron chi connectivity index (χ2n) is 3.66. The van der Waals surface area contributed by atoms with Crippen molar-refractivity contribution in [1.29, 1.82) is 0 Å². The number of carbonyl (C=O) groups excluding carboxylic acids is 1. The molecule has 0 saturated heterocycles. The van der Waals surface area contributed by atoms with Gasteiger partial charge in [0.15, 0.2) is 0 Å². The lowest BCUT2D eigenvalue weighted by molar-refractivity contribution is 0.0948. The summed E-state index contributed by atoms with van der Waals surface area (Å²) in [5.41, 5.74) is 0.912. The quantitative estimate of drug-likeness (QED) is 0.800. The number of pyridine rings is 1. The number of H-pyrrole nitrogens is 1. The molecule has 0 unspecified atom stereocenters. The predicted molar refractivity (Wildman–Crippen MR) is 65.1 cm³/mol. The number of amides is 1. The monoisotopic (exact) mass is 244 g/mol. The van der Waals surface area contributed by atoms with E-state index in [0.717, 1.165) is 11.8 Å². The van der Waals surface area contributed by atoms with Crippen LogP contribution in [0, 0.1) is 0 Å². The van der Waals surface area contributed by atoms with Crippen molar-refractivity contribution in [3.63, 3.8) is 0 Å². The fraction of sp³-hybridized carbons (Fsp3) is 0.167. The van der Waals surface area contributed by atoms with Crippen LogP contribution in [0.4, 0.5) is 0 Å². The van der Waals surface area contributed by atoms with Crippen molar-refractivity contribution in [3.8, 4) is 0 Å². The minimum absolute atomic E-state index is 0.195. The van der Waals surface area contributed by atoms with E-state index < -0.39 is 0 Å². The maximum atomic E-state index is 11.6. The fourth-order valence-corrected chi connectivity index (χ4v) is 1.42. The fourth-order valence-electron chi connectivity index (χ4n) is 1.42. The number of aromatic amines is 1. The highest BCUT2D eigenvalue weighted by molar-refractivity contribution is 5.91. The molecule has 18 heavy (non-hydrogen) atoms. The third kappa shape index (κ3) is 3.24. The standard InChI is InChI=1S/C12H12N4O2/c17-11-8-15-10(7-16-11)12(18)14-5-3-9-2-1-4-13-6-9/h1-2,4,6-8H,3,5H2,(H,14,18)(H,16,17). The molecular formula is C12H12N4O2. The van der Waals surface area contributed by atoms with Crippen LogP contribution in [0.1, 0.15) is 16.1 Å². The smallest absolute Gasteiger partial charge is 0.271 e. The molecule has 0 fully saturated rings. The Morgan fingerprint density at radius 3 is 2.94 bits per heavy atom. The summed E-state index contributed by atoms with van der Waals surface area (Å²) in [5, 5.41) is 2.72. The second-order valence-corrected chi connectivity index (χ2v) is 3.66. The number of hydrogen-bond acceptors (Lipinski definition) is 4. The Balaban J connectivity index is 1.85. The Kier molecular flexibility index (Phi) is 3.80. The molecule has 0 aliphatic carbocycles. The van der Waals surface area contributed by atoms with Crippen LogP contribution in [-0.4, -0.2) is 27.4 Å². The first-order valence-electron chi connectivity index (χ1n) is 5.47. The number of nitrogens with zero attached hydrogens (tertiary/aromatic N) is 2. The van der Waals surface area contributed by atoms with E-state index in [-0.39, 0.29) is 17.2 Å². The lowest BCUT2D eigenvalue weighted by Crippen LogP contribution is -2.27. The van der Waals surface area contributed by atoms with E-state index in [0.29, 0.717) is 13.0 Å². The van der Waals surface area contributed by atoms with Gasteiger partial charge in [-0.25, -0.2) is 4.98 Å². The van der Waals surface area contributed by atoms with Crippen LogP contribution in [-0.2, 0) is 6.42 Å². The zero-order valence-electron chi connectivity index (χ0n) is 9.59. The Morgan fingerprint density at radius 1 is 1.39 bits per heavy atom. The van der Waals surface area contributed by atoms with Gasteiger partial charge in [-0.2, -0.15) is 0 Å². The first kappa shape index (κ1) is 12.0. The maximum absolute atomic E-state index is 11.6. The van der Waals surface area contributed by atoms with Gasteiger partial charge < -0.3 is 10.3 Å². The number of nitrogens with one attached hydrogen (secondary N) is 2. The van der Waals surface area contributed by atoms with Crippen LogP contribution in [0.5, 0.6) is 0 Å². The molecule has 0 aliphatic heterocycles. The van der Waals surface area contributed by atoms with Gasteiger partial charge in [0.25, 0.3) is 11.5 Å². The van der Waals surface area contributed by atoms with Crippen molar-refractivity contribution >= 4 is 5.91 Å². The van der Waals surface area contributed by atoms with E-state index in [2.05, 4.69) is 20.3 Å². The predicted octanol–water partition coefficient (Wildman–Crippen LogP) is 0.137. The summed E-state index contributed by atoms with van der Waals surface area (Å²) in [6, 6.07) is 3.79. The average molecular weight is 244 g/mol. The summed E-state index contributed by atoms with van der Waals surface area (Å²) < 4.78 is 0. The highest BCUT2D eigenvalue weighted by Crippen LogP contribution is 1.96. The van der Waals surface area contributed by atoms with Crippen LogP contribution in [0.25, 0.3) is 0 Å². The Hall–Kier alpha value is -2.50. The molecule has 0 saturated carbocycles. The molecule has 6 nitrogen and oxygen atoms in total. The van der Waals surface area contributed by atoms with E-state index in [1.54, 1.807) is 12.4 Å². The van der Waals surface area contributed by atoms with E-state index in [1.807, 2.05) is 12.1 Å². The third-order valence-corrected chi connectivity index (χ3v) is 2.33. The summed E-state index contributed by atoms with van der Waals surface area (Å²) in [5.74, 6) is -0.310. The van der Waals surface area contributed by atoms with Gasteiger partial charge in [-0.3, -0.25) is 14.6 Å². The van der Waals surface area contributed by atoms with Crippen LogP contribution in [0.15, 0.2) is 41.7 Å². The van der Waals surface area contributed by atoms with Crippen molar-refractivity contribution in [2.75, 3.05) is 6.54 Å². The lowest BCUT2D eigenvalue weighted by Gasteiger charge is -2.03. The summed E-state index contributed by atoms with van der Waals surface area (Å²) in [6.45, 7) is 0.491. The van der Waals surface area contributed by atoms with Gasteiger partial charge in [0.1, 0.15) is 5.69 Å². The Morgan fingerprint density at radius 2 is 2.28 bits per heavy atom. The minimum atomic E-state index is -0.332. The van der Waals surface area contributed by atoms with Gasteiger partial charge in [0.2, 0.25) is 0 Å². The van der Waals surface area contributed by atoms with Crippen molar-refractivity contribution in [3.05, 3.63) is 58.5 Å². The van der Waals surface area contributed by atoms with E-state index in [1.165, 1.54) is 6.20 Å². The number of aromatic nitrogens is 3. The molecule has 0 spiro atoms.